The highest BCUT2D eigenvalue weighted by Crippen LogP contribution is 2.29. The monoisotopic (exact) mass is 358 g/mol. The third-order valence-corrected chi connectivity index (χ3v) is 4.10. The second-order valence-corrected chi connectivity index (χ2v) is 6.10. The average Bonchev–Trinajstić information content (AvgIpc) is 2.73. The van der Waals surface area contributed by atoms with Gasteiger partial charge in [0.25, 0.3) is 5.91 Å². The van der Waals surface area contributed by atoms with Crippen molar-refractivity contribution in [1.82, 2.24) is 10.2 Å². The van der Waals surface area contributed by atoms with E-state index >= 15 is 0 Å². The zero-order valence-corrected chi connectivity index (χ0v) is 14.2. The van der Waals surface area contributed by atoms with Gasteiger partial charge in [-0.25, -0.2) is 4.79 Å². The van der Waals surface area contributed by atoms with E-state index < -0.39 is 17.9 Å². The second-order valence-electron chi connectivity index (χ2n) is 6.10. The summed E-state index contributed by atoms with van der Waals surface area (Å²) in [5, 5.41) is 2.80. The van der Waals surface area contributed by atoms with Crippen LogP contribution in [0.3, 0.4) is 0 Å². The normalized spacial score (nSPS) is 16.9. The molecule has 0 saturated carbocycles. The molecule has 1 aliphatic heterocycles. The summed E-state index contributed by atoms with van der Waals surface area (Å²) in [5.41, 5.74) is -0.332. The number of ether oxygens (including phenoxy) is 1. The van der Waals surface area contributed by atoms with Crippen LogP contribution in [0, 0.1) is 0 Å². The highest BCUT2D eigenvalue weighted by atomic mass is 19.4. The number of nitrogens with one attached hydrogen (secondary N) is 1. The van der Waals surface area contributed by atoms with E-state index in [0.717, 1.165) is 29.9 Å². The molecule has 3 amide bonds. The van der Waals surface area contributed by atoms with Gasteiger partial charge < -0.3 is 10.1 Å². The van der Waals surface area contributed by atoms with Crippen LogP contribution in [-0.4, -0.2) is 28.7 Å². The van der Waals surface area contributed by atoms with Crippen LogP contribution in [0.25, 0.3) is 0 Å². The molecule has 1 N–H and O–H groups in total. The summed E-state index contributed by atoms with van der Waals surface area (Å²) in [6, 6.07) is 4.66. The fourth-order valence-electron chi connectivity index (χ4n) is 3.12. The molecule has 1 heterocycles. The fraction of sp³-hybridized carbons (Fsp3) is 0.529. The van der Waals surface area contributed by atoms with Gasteiger partial charge in [-0.1, -0.05) is 38.8 Å². The average molecular weight is 358 g/mol. The molecule has 1 aliphatic rings. The van der Waals surface area contributed by atoms with E-state index in [9.17, 15) is 22.8 Å². The van der Waals surface area contributed by atoms with Crippen molar-refractivity contribution in [3.63, 3.8) is 0 Å². The molecule has 0 radical (unpaired) electrons. The number of urea groups is 1. The Morgan fingerprint density at radius 1 is 1.08 bits per heavy atom. The molecular weight excluding hydrogens is 337 g/mol. The van der Waals surface area contributed by atoms with Crippen molar-refractivity contribution in [1.29, 1.82) is 0 Å². The summed E-state index contributed by atoms with van der Waals surface area (Å²) >= 11 is 0. The smallest absolute Gasteiger partial charge is 0.406 e. The van der Waals surface area contributed by atoms with Crippen molar-refractivity contribution in [3.05, 3.63) is 29.8 Å². The number of carbonyl (C=O) groups excluding carboxylic acids is 2. The number of amides is 3. The topological polar surface area (TPSA) is 58.6 Å². The van der Waals surface area contributed by atoms with Gasteiger partial charge in [0, 0.05) is 0 Å². The van der Waals surface area contributed by atoms with Gasteiger partial charge in [0.05, 0.1) is 6.54 Å². The third-order valence-electron chi connectivity index (χ3n) is 4.10. The van der Waals surface area contributed by atoms with E-state index in [4.69, 9.17) is 0 Å². The molecule has 0 unspecified atom stereocenters. The molecule has 1 fully saturated rings. The third kappa shape index (κ3) is 4.43. The van der Waals surface area contributed by atoms with Gasteiger partial charge in [-0.15, -0.1) is 13.2 Å². The molecule has 8 heteroatoms. The van der Waals surface area contributed by atoms with E-state index in [1.165, 1.54) is 12.1 Å². The van der Waals surface area contributed by atoms with E-state index in [0.29, 0.717) is 18.4 Å². The van der Waals surface area contributed by atoms with Crippen molar-refractivity contribution in [2.45, 2.75) is 58.0 Å². The summed E-state index contributed by atoms with van der Waals surface area (Å²) in [6.45, 7) is 3.89. The van der Waals surface area contributed by atoms with Crippen LogP contribution >= 0.6 is 0 Å². The van der Waals surface area contributed by atoms with E-state index in [1.54, 1.807) is 0 Å². The highest BCUT2D eigenvalue weighted by Gasteiger charge is 2.49. The number of hydrogen-bond donors (Lipinski definition) is 1. The largest absolute Gasteiger partial charge is 0.573 e. The van der Waals surface area contributed by atoms with Crippen LogP contribution in [0.15, 0.2) is 24.3 Å². The lowest BCUT2D eigenvalue weighted by molar-refractivity contribution is -0.274. The van der Waals surface area contributed by atoms with Crippen molar-refractivity contribution in [2.75, 3.05) is 0 Å². The number of imide groups is 1. The molecule has 0 atom stereocenters. The van der Waals surface area contributed by atoms with Crippen molar-refractivity contribution < 1.29 is 27.5 Å². The Bertz CT molecular complexity index is 623. The van der Waals surface area contributed by atoms with Crippen LogP contribution in [0.5, 0.6) is 5.75 Å². The van der Waals surface area contributed by atoms with Gasteiger partial charge in [-0.2, -0.15) is 0 Å². The summed E-state index contributed by atoms with van der Waals surface area (Å²) < 4.78 is 40.3. The van der Waals surface area contributed by atoms with E-state index in [2.05, 4.69) is 10.1 Å². The van der Waals surface area contributed by atoms with E-state index in [1.807, 2.05) is 13.8 Å². The van der Waals surface area contributed by atoms with Crippen molar-refractivity contribution in [3.8, 4) is 5.75 Å². The lowest BCUT2D eigenvalue weighted by Gasteiger charge is -2.25. The van der Waals surface area contributed by atoms with Gasteiger partial charge in [0.2, 0.25) is 0 Å². The number of carbonyl (C=O) groups is 2. The van der Waals surface area contributed by atoms with Gasteiger partial charge >= 0.3 is 12.4 Å². The molecule has 0 aromatic heterocycles. The summed E-state index contributed by atoms with van der Waals surface area (Å²) in [5.74, 6) is -0.628. The molecule has 2 rings (SSSR count). The summed E-state index contributed by atoms with van der Waals surface area (Å²) in [4.78, 5) is 26.1. The Morgan fingerprint density at radius 3 is 2.12 bits per heavy atom. The number of hydrogen-bond acceptors (Lipinski definition) is 3. The van der Waals surface area contributed by atoms with E-state index in [-0.39, 0.29) is 18.2 Å². The Morgan fingerprint density at radius 2 is 1.64 bits per heavy atom. The minimum atomic E-state index is -4.76. The molecule has 1 aromatic carbocycles. The molecule has 0 spiro atoms. The van der Waals surface area contributed by atoms with Gasteiger partial charge in [-0.05, 0) is 30.5 Å². The number of nitrogens with zero attached hydrogens (tertiary/aromatic N) is 1. The first-order valence-corrected chi connectivity index (χ1v) is 8.19. The van der Waals surface area contributed by atoms with Crippen molar-refractivity contribution in [2.24, 2.45) is 0 Å². The number of halogens is 3. The molecule has 0 aliphatic carbocycles. The fourth-order valence-corrected chi connectivity index (χ4v) is 3.12. The Labute approximate surface area is 144 Å². The maximum atomic E-state index is 12.7. The molecule has 1 saturated heterocycles. The SMILES string of the molecule is CCCC1(CCC)NC(=O)N(Cc2ccc(OC(F)(F)F)cc2)C1=O. The van der Waals surface area contributed by atoms with Crippen LogP contribution in [0.1, 0.15) is 45.1 Å². The Hall–Kier alpha value is -2.25. The number of alkyl halides is 3. The highest BCUT2D eigenvalue weighted by molar-refractivity contribution is 6.06. The minimum Gasteiger partial charge on any atom is -0.406 e. The summed E-state index contributed by atoms with van der Waals surface area (Å²) in [7, 11) is 0. The van der Waals surface area contributed by atoms with Gasteiger partial charge in [0.15, 0.2) is 0 Å². The summed E-state index contributed by atoms with van der Waals surface area (Å²) in [6.07, 6.45) is -2.14. The van der Waals surface area contributed by atoms with Crippen LogP contribution in [0.2, 0.25) is 0 Å². The van der Waals surface area contributed by atoms with Gasteiger partial charge in [0.1, 0.15) is 11.3 Å². The van der Waals surface area contributed by atoms with Crippen molar-refractivity contribution >= 4 is 11.9 Å². The second kappa shape index (κ2) is 7.33. The lowest BCUT2D eigenvalue weighted by Crippen LogP contribution is -2.46. The zero-order chi connectivity index (χ0) is 18.7. The number of rotatable bonds is 7. The molecule has 25 heavy (non-hydrogen) atoms. The van der Waals surface area contributed by atoms with Crippen LogP contribution in [0.4, 0.5) is 18.0 Å². The first kappa shape index (κ1) is 19.1. The number of benzene rings is 1. The minimum absolute atomic E-state index is 0.00609. The maximum Gasteiger partial charge on any atom is 0.573 e. The van der Waals surface area contributed by atoms with Crippen LogP contribution in [-0.2, 0) is 11.3 Å². The first-order chi connectivity index (χ1) is 11.7. The molecule has 138 valence electrons. The first-order valence-electron chi connectivity index (χ1n) is 8.19. The maximum absolute atomic E-state index is 12.7. The lowest BCUT2D eigenvalue weighted by atomic mass is 9.88. The molecular formula is C17H21F3N2O3. The predicted molar refractivity (Wildman–Crippen MR) is 84.8 cm³/mol. The standard InChI is InChI=1S/C17H21F3N2O3/c1-3-9-16(10-4-2)14(23)22(15(24)21-16)11-12-5-7-13(8-6-12)25-17(18,19)20/h5-8H,3-4,9-11H2,1-2H3,(H,21,24). The molecule has 5 nitrogen and oxygen atoms in total. The quantitative estimate of drug-likeness (QED) is 0.750. The molecule has 0 bridgehead atoms. The van der Waals surface area contributed by atoms with Gasteiger partial charge in [-0.3, -0.25) is 9.69 Å². The predicted octanol–water partition coefficient (Wildman–Crippen LogP) is 3.98. The zero-order valence-electron chi connectivity index (χ0n) is 14.2. The Balaban J connectivity index is 2.12. The Kier molecular flexibility index (Phi) is 5.59. The van der Waals surface area contributed by atoms with Crippen LogP contribution < -0.4 is 10.1 Å². The molecule has 1 aromatic rings.